The zero-order chi connectivity index (χ0) is 22.1. The monoisotopic (exact) mass is 418 g/mol. The number of hydrogen-bond donors (Lipinski definition) is 3. The van der Waals surface area contributed by atoms with Gasteiger partial charge in [-0.05, 0) is 32.9 Å². The van der Waals surface area contributed by atoms with Gasteiger partial charge in [-0.3, -0.25) is 14.9 Å². The predicted molar refractivity (Wildman–Crippen MR) is 96.3 cm³/mol. The summed E-state index contributed by atoms with van der Waals surface area (Å²) in [5.41, 5.74) is -2.58. The second-order valence-electron chi connectivity index (χ2n) is 7.20. The van der Waals surface area contributed by atoms with Crippen LogP contribution in [0.15, 0.2) is 23.0 Å². The zero-order valence-electron chi connectivity index (χ0n) is 16.1. The van der Waals surface area contributed by atoms with Crippen molar-refractivity contribution in [2.45, 2.75) is 39.0 Å². The van der Waals surface area contributed by atoms with Crippen molar-refractivity contribution in [2.24, 2.45) is 7.05 Å². The Kier molecular flexibility index (Phi) is 6.14. The van der Waals surface area contributed by atoms with Gasteiger partial charge in [-0.2, -0.15) is 0 Å². The largest absolute Gasteiger partial charge is 0.573 e. The van der Waals surface area contributed by atoms with E-state index in [1.54, 1.807) is 20.8 Å². The number of carbonyl (C=O) groups is 1. The molecule has 0 aliphatic rings. The molecule has 0 fully saturated rings. The number of benzene rings is 1. The van der Waals surface area contributed by atoms with Gasteiger partial charge in [0.25, 0.3) is 5.56 Å². The van der Waals surface area contributed by atoms with Crippen LogP contribution in [-0.2, 0) is 16.6 Å². The molecule has 8 nitrogen and oxygen atoms in total. The molecule has 0 saturated carbocycles. The van der Waals surface area contributed by atoms with Crippen molar-refractivity contribution in [1.82, 2.24) is 9.88 Å². The number of aliphatic hydroxyl groups excluding tert-OH is 1. The smallest absolute Gasteiger partial charge is 0.507 e. The number of esters is 1. The highest BCUT2D eigenvalue weighted by molar-refractivity contribution is 5.91. The topological polar surface area (TPSA) is 110 Å². The number of halogens is 3. The molecule has 1 atom stereocenters. The van der Waals surface area contributed by atoms with Gasteiger partial charge in [0.1, 0.15) is 23.1 Å². The summed E-state index contributed by atoms with van der Waals surface area (Å²) in [6, 6.07) is 3.45. The Morgan fingerprint density at radius 1 is 1.28 bits per heavy atom. The summed E-state index contributed by atoms with van der Waals surface area (Å²) in [6.07, 6.45) is -6.79. The molecule has 1 aromatic heterocycles. The molecule has 29 heavy (non-hydrogen) atoms. The lowest BCUT2D eigenvalue weighted by atomic mass is 10.1. The van der Waals surface area contributed by atoms with Crippen molar-refractivity contribution in [3.05, 3.63) is 34.1 Å². The summed E-state index contributed by atoms with van der Waals surface area (Å²) in [6.45, 7) is 4.46. The Morgan fingerprint density at radius 3 is 2.45 bits per heavy atom. The lowest BCUT2D eigenvalue weighted by Gasteiger charge is -2.21. The number of aliphatic hydroxyl groups is 1. The summed E-state index contributed by atoms with van der Waals surface area (Å²) in [4.78, 5) is 24.3. The molecule has 0 spiro atoms. The second kappa shape index (κ2) is 7.91. The van der Waals surface area contributed by atoms with Crippen LogP contribution >= 0.6 is 0 Å². The van der Waals surface area contributed by atoms with E-state index in [-0.39, 0.29) is 10.9 Å². The van der Waals surface area contributed by atoms with Gasteiger partial charge in [0.2, 0.25) is 0 Å². The first-order chi connectivity index (χ1) is 13.2. The van der Waals surface area contributed by atoms with Gasteiger partial charge in [-0.15, -0.1) is 13.2 Å². The highest BCUT2D eigenvalue weighted by atomic mass is 19.4. The fourth-order valence-corrected chi connectivity index (χ4v) is 2.70. The Hall–Kier alpha value is -2.79. The minimum Gasteiger partial charge on any atom is -0.507 e. The summed E-state index contributed by atoms with van der Waals surface area (Å²) in [5.74, 6) is -2.14. The van der Waals surface area contributed by atoms with E-state index >= 15 is 0 Å². The van der Waals surface area contributed by atoms with Gasteiger partial charge >= 0.3 is 12.3 Å². The number of fused-ring (bicyclic) bond motifs is 1. The van der Waals surface area contributed by atoms with Crippen LogP contribution in [0.5, 0.6) is 11.5 Å². The summed E-state index contributed by atoms with van der Waals surface area (Å²) >= 11 is 0. The van der Waals surface area contributed by atoms with E-state index in [2.05, 4.69) is 10.1 Å². The number of para-hydroxylation sites is 1. The molecule has 2 aromatic rings. The fraction of sp³-hybridized carbons (Fsp3) is 0.444. The third kappa shape index (κ3) is 5.39. The van der Waals surface area contributed by atoms with Crippen molar-refractivity contribution in [3.63, 3.8) is 0 Å². The number of ether oxygens (including phenoxy) is 2. The van der Waals surface area contributed by atoms with Crippen LogP contribution in [-0.4, -0.2) is 39.3 Å². The first-order valence-electron chi connectivity index (χ1n) is 8.45. The van der Waals surface area contributed by atoms with Gasteiger partial charge in [0.05, 0.1) is 12.1 Å². The number of rotatable bonds is 5. The molecule has 0 saturated heterocycles. The average molecular weight is 418 g/mol. The molecular formula is C18H21F3N2O6. The maximum Gasteiger partial charge on any atom is 0.573 e. The molecule has 1 aromatic carbocycles. The van der Waals surface area contributed by atoms with E-state index in [1.165, 1.54) is 12.1 Å². The number of hydrogen-bond acceptors (Lipinski definition) is 7. The standard InChI is InChI=1S/C18H21F3N2O6/c1-17(2,3)29-11(24)8-22-15(26)12-14(25)9-6-5-7-10(28-18(19,20)21)13(9)23(4)16(12)27/h5-7,15,22,25-26H,8H2,1-4H3. The van der Waals surface area contributed by atoms with Gasteiger partial charge in [-0.25, -0.2) is 0 Å². The number of alkyl halides is 3. The normalized spacial score (nSPS) is 13.4. The Labute approximate surface area is 163 Å². The van der Waals surface area contributed by atoms with E-state index in [0.29, 0.717) is 0 Å². The van der Waals surface area contributed by atoms with E-state index in [0.717, 1.165) is 17.7 Å². The van der Waals surface area contributed by atoms with Crippen molar-refractivity contribution in [3.8, 4) is 11.5 Å². The molecular weight excluding hydrogens is 397 g/mol. The average Bonchev–Trinajstić information content (AvgIpc) is 2.55. The molecule has 0 aliphatic carbocycles. The molecule has 2 rings (SSSR count). The Morgan fingerprint density at radius 2 is 1.90 bits per heavy atom. The fourth-order valence-electron chi connectivity index (χ4n) is 2.70. The van der Waals surface area contributed by atoms with E-state index in [9.17, 15) is 33.0 Å². The number of aryl methyl sites for hydroxylation is 1. The van der Waals surface area contributed by atoms with Crippen LogP contribution in [0.1, 0.15) is 32.6 Å². The second-order valence-corrected chi connectivity index (χ2v) is 7.20. The number of pyridine rings is 1. The Balaban J connectivity index is 2.43. The number of nitrogens with one attached hydrogen (secondary N) is 1. The maximum atomic E-state index is 12.6. The van der Waals surface area contributed by atoms with Crippen LogP contribution < -0.4 is 15.6 Å². The van der Waals surface area contributed by atoms with Crippen LogP contribution in [0.2, 0.25) is 0 Å². The summed E-state index contributed by atoms with van der Waals surface area (Å²) in [5, 5.41) is 22.9. The summed E-state index contributed by atoms with van der Waals surface area (Å²) in [7, 11) is 1.16. The minimum atomic E-state index is -5.01. The van der Waals surface area contributed by atoms with E-state index in [1.807, 2.05) is 0 Å². The van der Waals surface area contributed by atoms with Gasteiger partial charge in [0.15, 0.2) is 5.75 Å². The highest BCUT2D eigenvalue weighted by Crippen LogP contribution is 2.35. The molecule has 160 valence electrons. The molecule has 0 bridgehead atoms. The van der Waals surface area contributed by atoms with Crippen molar-refractivity contribution < 1.29 is 37.7 Å². The first kappa shape index (κ1) is 22.5. The van der Waals surface area contributed by atoms with Gasteiger partial charge in [0, 0.05) is 12.4 Å². The number of nitrogens with zero attached hydrogens (tertiary/aromatic N) is 1. The third-order valence-electron chi connectivity index (χ3n) is 3.74. The zero-order valence-corrected chi connectivity index (χ0v) is 16.1. The molecule has 11 heteroatoms. The van der Waals surface area contributed by atoms with Gasteiger partial charge in [-0.1, -0.05) is 6.07 Å². The molecule has 0 aliphatic heterocycles. The van der Waals surface area contributed by atoms with E-state index in [4.69, 9.17) is 4.74 Å². The molecule has 0 radical (unpaired) electrons. The molecule has 1 heterocycles. The molecule has 1 unspecified atom stereocenters. The molecule has 3 N–H and O–H groups in total. The van der Waals surface area contributed by atoms with Crippen LogP contribution in [0, 0.1) is 0 Å². The third-order valence-corrected chi connectivity index (χ3v) is 3.74. The van der Waals surface area contributed by atoms with Crippen LogP contribution in [0.3, 0.4) is 0 Å². The highest BCUT2D eigenvalue weighted by Gasteiger charge is 2.33. The quantitative estimate of drug-likeness (QED) is 0.504. The lowest BCUT2D eigenvalue weighted by molar-refractivity contribution is -0.274. The van der Waals surface area contributed by atoms with Crippen molar-refractivity contribution in [1.29, 1.82) is 0 Å². The maximum absolute atomic E-state index is 12.6. The predicted octanol–water partition coefficient (Wildman–Crippen LogP) is 2.06. The number of aromatic nitrogens is 1. The summed E-state index contributed by atoms with van der Waals surface area (Å²) < 4.78 is 47.7. The van der Waals surface area contributed by atoms with Gasteiger partial charge < -0.3 is 24.3 Å². The Bertz CT molecular complexity index is 979. The lowest BCUT2D eigenvalue weighted by Crippen LogP contribution is -2.36. The number of aromatic hydroxyl groups is 1. The van der Waals surface area contributed by atoms with E-state index < -0.39 is 53.3 Å². The van der Waals surface area contributed by atoms with Crippen LogP contribution in [0.25, 0.3) is 10.9 Å². The van der Waals surface area contributed by atoms with Crippen molar-refractivity contribution >= 4 is 16.9 Å². The number of carbonyl (C=O) groups excluding carboxylic acids is 1. The first-order valence-corrected chi connectivity index (χ1v) is 8.45. The molecule has 0 amide bonds. The minimum absolute atomic E-state index is 0.151. The van der Waals surface area contributed by atoms with Crippen LogP contribution in [0.4, 0.5) is 13.2 Å². The van der Waals surface area contributed by atoms with Crippen molar-refractivity contribution in [2.75, 3.05) is 6.54 Å². The SMILES string of the molecule is Cn1c(=O)c(C(O)NCC(=O)OC(C)(C)C)c(O)c2cccc(OC(F)(F)F)c21.